The van der Waals surface area contributed by atoms with Gasteiger partial charge in [-0.2, -0.15) is 0 Å². The van der Waals surface area contributed by atoms with Gasteiger partial charge in [-0.1, -0.05) is 12.1 Å². The molecule has 1 amide bonds. The average molecular weight is 437 g/mol. The maximum atomic E-state index is 12.4. The first kappa shape index (κ1) is 25.8. The molecule has 0 aliphatic rings. The summed E-state index contributed by atoms with van der Waals surface area (Å²) in [6.45, 7) is 4.77. The largest absolute Gasteiger partial charge is 2.00 e. The second kappa shape index (κ2) is 12.8. The van der Waals surface area contributed by atoms with Crippen molar-refractivity contribution in [2.24, 2.45) is 0 Å². The molecule has 0 fully saturated rings. The summed E-state index contributed by atoms with van der Waals surface area (Å²) in [6.07, 6.45) is 0. The Labute approximate surface area is 173 Å². The van der Waals surface area contributed by atoms with Gasteiger partial charge in [-0.3, -0.25) is 4.79 Å². The molecular weight excluding hydrogens is 416 g/mol. The molecule has 0 saturated carbocycles. The zero-order valence-corrected chi connectivity index (χ0v) is 18.7. The van der Waals surface area contributed by atoms with E-state index >= 15 is 0 Å². The minimum atomic E-state index is -0.240. The number of carbonyl (C=O) groups excluding carboxylic acids is 1. The van der Waals surface area contributed by atoms with Crippen molar-refractivity contribution < 1.29 is 58.6 Å². The Balaban J connectivity index is 0. The number of benzene rings is 2. The molecule has 8 heteroatoms. The summed E-state index contributed by atoms with van der Waals surface area (Å²) >= 11 is 0. The van der Waals surface area contributed by atoms with Gasteiger partial charge in [0.15, 0.2) is 0 Å². The Morgan fingerprint density at radius 1 is 1.00 bits per heavy atom. The van der Waals surface area contributed by atoms with E-state index in [1.54, 1.807) is 36.4 Å². The fourth-order valence-corrected chi connectivity index (χ4v) is 2.03. The maximum absolute atomic E-state index is 12.4. The van der Waals surface area contributed by atoms with Crippen LogP contribution in [0.1, 0.15) is 24.2 Å². The van der Waals surface area contributed by atoms with Crippen LogP contribution < -0.4 is 45.3 Å². The van der Waals surface area contributed by atoms with Gasteiger partial charge in [-0.15, -0.1) is 0 Å². The van der Waals surface area contributed by atoms with E-state index in [4.69, 9.17) is 15.2 Å². The molecule has 3 N–H and O–H groups in total. The van der Waals surface area contributed by atoms with E-state index in [-0.39, 0.29) is 50.2 Å². The van der Waals surface area contributed by atoms with Crippen molar-refractivity contribution in [1.82, 2.24) is 0 Å². The number of anilines is 2. The molecule has 0 atom stereocenters. The van der Waals surface area contributed by atoms with Gasteiger partial charge in [0.2, 0.25) is 0 Å². The van der Waals surface area contributed by atoms with Crippen molar-refractivity contribution in [2.75, 3.05) is 24.3 Å². The van der Waals surface area contributed by atoms with Crippen molar-refractivity contribution in [3.05, 3.63) is 48.0 Å². The van der Waals surface area contributed by atoms with E-state index in [1.165, 1.54) is 0 Å². The Bertz CT molecular complexity index is 672. The van der Waals surface area contributed by atoms with Crippen molar-refractivity contribution in [3.8, 4) is 11.5 Å². The van der Waals surface area contributed by atoms with E-state index in [0.29, 0.717) is 41.7 Å². The van der Waals surface area contributed by atoms with Crippen molar-refractivity contribution >= 4 is 17.3 Å². The van der Waals surface area contributed by atoms with Crippen molar-refractivity contribution in [2.45, 2.75) is 13.8 Å². The predicted molar refractivity (Wildman–Crippen MR) is 87.6 cm³/mol. The summed E-state index contributed by atoms with van der Waals surface area (Å²) < 4.78 is 10.9. The first-order valence-electron chi connectivity index (χ1n) is 7.21. The van der Waals surface area contributed by atoms with E-state index in [1.807, 2.05) is 19.9 Å². The second-order valence-electron chi connectivity index (χ2n) is 4.57. The molecular formula is C17H20Cl2N2O3Zn. The summed E-state index contributed by atoms with van der Waals surface area (Å²) in [6, 6.07) is 12.3. The zero-order valence-electron chi connectivity index (χ0n) is 14.2. The molecule has 5 nitrogen and oxygen atoms in total. The summed E-state index contributed by atoms with van der Waals surface area (Å²) in [5, 5.41) is 2.83. The van der Waals surface area contributed by atoms with Gasteiger partial charge in [-0.25, -0.2) is 0 Å². The molecule has 0 saturated heterocycles. The van der Waals surface area contributed by atoms with Crippen molar-refractivity contribution in [3.63, 3.8) is 0 Å². The maximum Gasteiger partial charge on any atom is 2.00 e. The van der Waals surface area contributed by atoms with Crippen LogP contribution in [0.3, 0.4) is 0 Å². The number of nitrogens with two attached hydrogens (primary N) is 1. The van der Waals surface area contributed by atoms with Gasteiger partial charge < -0.3 is 45.3 Å². The zero-order chi connectivity index (χ0) is 15.9. The Morgan fingerprint density at radius 2 is 1.60 bits per heavy atom. The third-order valence-electron chi connectivity index (χ3n) is 3.00. The first-order valence-corrected chi connectivity index (χ1v) is 7.21. The standard InChI is InChI=1S/C17H20N2O3.2ClH.Zn/c1-3-21-15-8-6-5-7-13(15)17(20)19-12-9-10-14(18)16(11-12)22-4-2;;;/h5-11H,3-4,18H2,1-2H3,(H,19,20);2*1H;/q;;;+2/p-2. The number of nitrogen functional groups attached to an aromatic ring is 1. The van der Waals surface area contributed by atoms with E-state index in [9.17, 15) is 4.79 Å². The second-order valence-corrected chi connectivity index (χ2v) is 4.57. The molecule has 0 heterocycles. The third kappa shape index (κ3) is 7.11. The Morgan fingerprint density at radius 3 is 2.24 bits per heavy atom. The number of ether oxygens (including phenoxy) is 2. The van der Waals surface area contributed by atoms with Crippen LogP contribution in [0.2, 0.25) is 0 Å². The van der Waals surface area contributed by atoms with Crippen LogP contribution in [0.5, 0.6) is 11.5 Å². The Kier molecular flexibility index (Phi) is 13.2. The molecule has 2 aromatic carbocycles. The molecule has 2 aromatic rings. The Hall–Kier alpha value is -1.49. The smallest absolute Gasteiger partial charge is 1.00 e. The van der Waals surface area contributed by atoms with Crippen molar-refractivity contribution in [1.29, 1.82) is 0 Å². The predicted octanol–water partition coefficient (Wildman–Crippen LogP) is -2.68. The molecule has 132 valence electrons. The number of hydrogen-bond acceptors (Lipinski definition) is 4. The molecule has 2 rings (SSSR count). The normalized spacial score (nSPS) is 8.88. The summed E-state index contributed by atoms with van der Waals surface area (Å²) in [5.74, 6) is 0.873. The van der Waals surface area contributed by atoms with Crippen LogP contribution in [0, 0.1) is 0 Å². The molecule has 25 heavy (non-hydrogen) atoms. The molecule has 0 radical (unpaired) electrons. The average Bonchev–Trinajstić information content (AvgIpc) is 2.51. The van der Waals surface area contributed by atoms with Crippen LogP contribution in [-0.4, -0.2) is 19.1 Å². The minimum Gasteiger partial charge on any atom is -1.00 e. The molecule has 0 aliphatic heterocycles. The quantitative estimate of drug-likeness (QED) is 0.383. The molecule has 0 unspecified atom stereocenters. The number of amides is 1. The number of rotatable bonds is 6. The number of hydrogen-bond donors (Lipinski definition) is 2. The van der Waals surface area contributed by atoms with Crippen LogP contribution in [-0.2, 0) is 19.5 Å². The van der Waals surface area contributed by atoms with E-state index in [0.717, 1.165) is 0 Å². The number of halogens is 2. The van der Waals surface area contributed by atoms with Gasteiger partial charge in [-0.05, 0) is 38.1 Å². The number of nitrogens with one attached hydrogen (secondary N) is 1. The molecule has 0 bridgehead atoms. The van der Waals surface area contributed by atoms with E-state index < -0.39 is 0 Å². The number of para-hydroxylation sites is 1. The fraction of sp³-hybridized carbons (Fsp3) is 0.235. The molecule has 0 aromatic heterocycles. The summed E-state index contributed by atoms with van der Waals surface area (Å²) in [4.78, 5) is 12.4. The first-order chi connectivity index (χ1) is 10.7. The van der Waals surface area contributed by atoms with Gasteiger partial charge in [0, 0.05) is 11.8 Å². The summed E-state index contributed by atoms with van der Waals surface area (Å²) in [5.41, 5.74) is 7.46. The third-order valence-corrected chi connectivity index (χ3v) is 3.00. The SMILES string of the molecule is CCOc1cc(NC(=O)c2ccccc2OCC)ccc1N.[Cl-].[Cl-].[Zn+2]. The van der Waals surface area contributed by atoms with Crippen LogP contribution in [0.25, 0.3) is 0 Å². The topological polar surface area (TPSA) is 73.6 Å². The fourth-order valence-electron chi connectivity index (χ4n) is 2.03. The molecule has 0 spiro atoms. The van der Waals surface area contributed by atoms with E-state index in [2.05, 4.69) is 5.32 Å². The molecule has 0 aliphatic carbocycles. The van der Waals surface area contributed by atoms with Crippen LogP contribution in [0.15, 0.2) is 42.5 Å². The minimum absolute atomic E-state index is 0. The van der Waals surface area contributed by atoms with Gasteiger partial charge in [0.05, 0.1) is 24.5 Å². The summed E-state index contributed by atoms with van der Waals surface area (Å²) in [7, 11) is 0. The van der Waals surface area contributed by atoms with Gasteiger partial charge in [0.25, 0.3) is 5.91 Å². The monoisotopic (exact) mass is 434 g/mol. The van der Waals surface area contributed by atoms with Gasteiger partial charge in [0.1, 0.15) is 11.5 Å². The van der Waals surface area contributed by atoms with Crippen LogP contribution in [0.4, 0.5) is 11.4 Å². The van der Waals surface area contributed by atoms with Crippen LogP contribution >= 0.6 is 0 Å². The van der Waals surface area contributed by atoms with Gasteiger partial charge >= 0.3 is 19.5 Å². The number of carbonyl (C=O) groups is 1.